The summed E-state index contributed by atoms with van der Waals surface area (Å²) < 4.78 is 4.93. The molecule has 1 aliphatic heterocycles. The second kappa shape index (κ2) is 6.50. The third-order valence-corrected chi connectivity index (χ3v) is 3.78. The number of likely N-dealkylation sites (tertiary alicyclic amines) is 1. The molecule has 6 heteroatoms. The van der Waals surface area contributed by atoms with E-state index in [-0.39, 0.29) is 23.1 Å². The number of carbonyl (C=O) groups excluding carboxylic acids is 2. The summed E-state index contributed by atoms with van der Waals surface area (Å²) in [5.74, 6) is 1.18. The molecule has 1 aliphatic rings. The molecule has 2 rings (SSSR count). The number of amides is 2. The van der Waals surface area contributed by atoms with Crippen molar-refractivity contribution in [1.82, 2.24) is 10.1 Å². The van der Waals surface area contributed by atoms with Crippen molar-refractivity contribution in [2.24, 2.45) is 11.3 Å². The lowest BCUT2D eigenvalue weighted by Crippen LogP contribution is -2.42. The SMILES string of the molecule is Cc1cc(NC(=O)C2CCN(C(=O)CC(C)(C)C)CC2)no1. The van der Waals surface area contributed by atoms with E-state index < -0.39 is 0 Å². The van der Waals surface area contributed by atoms with Crippen LogP contribution in [0.2, 0.25) is 0 Å². The number of aryl methyl sites for hydroxylation is 1. The fourth-order valence-electron chi connectivity index (χ4n) is 2.61. The van der Waals surface area contributed by atoms with Crippen LogP contribution in [0.5, 0.6) is 0 Å². The van der Waals surface area contributed by atoms with Crippen molar-refractivity contribution in [2.45, 2.75) is 47.0 Å². The van der Waals surface area contributed by atoms with Crippen molar-refractivity contribution in [2.75, 3.05) is 18.4 Å². The predicted octanol–water partition coefficient (Wildman–Crippen LogP) is 2.60. The van der Waals surface area contributed by atoms with Crippen LogP contribution in [-0.4, -0.2) is 35.0 Å². The van der Waals surface area contributed by atoms with Crippen molar-refractivity contribution in [3.8, 4) is 0 Å². The Kier molecular flexibility index (Phi) is 4.88. The Labute approximate surface area is 131 Å². The zero-order chi connectivity index (χ0) is 16.3. The van der Waals surface area contributed by atoms with E-state index in [0.717, 1.165) is 0 Å². The Morgan fingerprint density at radius 2 is 2.00 bits per heavy atom. The number of anilines is 1. The second-order valence-corrected chi connectivity index (χ2v) is 7.20. The zero-order valence-corrected chi connectivity index (χ0v) is 13.8. The first-order valence-corrected chi connectivity index (χ1v) is 7.76. The molecule has 1 fully saturated rings. The van der Waals surface area contributed by atoms with Crippen LogP contribution in [0.15, 0.2) is 10.6 Å². The molecule has 0 atom stereocenters. The van der Waals surface area contributed by atoms with Gasteiger partial charge in [-0.15, -0.1) is 0 Å². The van der Waals surface area contributed by atoms with Gasteiger partial charge in [0.1, 0.15) is 5.76 Å². The van der Waals surface area contributed by atoms with Gasteiger partial charge in [-0.25, -0.2) is 0 Å². The van der Waals surface area contributed by atoms with Crippen molar-refractivity contribution in [1.29, 1.82) is 0 Å². The number of aromatic nitrogens is 1. The minimum atomic E-state index is -0.0734. The molecule has 1 N–H and O–H groups in total. The van der Waals surface area contributed by atoms with Crippen molar-refractivity contribution >= 4 is 17.6 Å². The number of nitrogens with one attached hydrogen (secondary N) is 1. The average molecular weight is 307 g/mol. The van der Waals surface area contributed by atoms with Gasteiger partial charge in [0.05, 0.1) is 0 Å². The first kappa shape index (κ1) is 16.5. The zero-order valence-electron chi connectivity index (χ0n) is 13.8. The smallest absolute Gasteiger partial charge is 0.228 e. The molecule has 0 spiro atoms. The highest BCUT2D eigenvalue weighted by molar-refractivity contribution is 5.91. The largest absolute Gasteiger partial charge is 0.360 e. The first-order valence-electron chi connectivity index (χ1n) is 7.76. The lowest BCUT2D eigenvalue weighted by molar-refractivity contribution is -0.136. The normalized spacial score (nSPS) is 16.6. The molecule has 0 bridgehead atoms. The topological polar surface area (TPSA) is 75.4 Å². The molecular formula is C16H25N3O3. The van der Waals surface area contributed by atoms with Gasteiger partial charge >= 0.3 is 0 Å². The second-order valence-electron chi connectivity index (χ2n) is 7.20. The minimum Gasteiger partial charge on any atom is -0.360 e. The van der Waals surface area contributed by atoms with Crippen molar-refractivity contribution in [3.63, 3.8) is 0 Å². The average Bonchev–Trinajstić information content (AvgIpc) is 2.82. The molecule has 0 saturated carbocycles. The Balaban J connectivity index is 1.81. The number of piperidine rings is 1. The maximum absolute atomic E-state index is 12.2. The summed E-state index contributed by atoms with van der Waals surface area (Å²) in [5.41, 5.74) is -0.00385. The molecule has 122 valence electrons. The quantitative estimate of drug-likeness (QED) is 0.931. The first-order chi connectivity index (χ1) is 10.2. The fraction of sp³-hybridized carbons (Fsp3) is 0.688. The van der Waals surface area contributed by atoms with E-state index in [4.69, 9.17) is 4.52 Å². The summed E-state index contributed by atoms with van der Waals surface area (Å²) in [5, 5.41) is 6.53. The lowest BCUT2D eigenvalue weighted by Gasteiger charge is -2.33. The number of hydrogen-bond donors (Lipinski definition) is 1. The van der Waals surface area contributed by atoms with E-state index in [9.17, 15) is 9.59 Å². The van der Waals surface area contributed by atoms with E-state index in [1.807, 2.05) is 4.90 Å². The van der Waals surface area contributed by atoms with Gasteiger partial charge in [0.2, 0.25) is 11.8 Å². The highest BCUT2D eigenvalue weighted by Gasteiger charge is 2.29. The summed E-state index contributed by atoms with van der Waals surface area (Å²) in [6, 6.07) is 1.69. The third-order valence-electron chi connectivity index (χ3n) is 3.78. The van der Waals surface area contributed by atoms with Gasteiger partial charge in [0, 0.05) is 31.5 Å². The van der Waals surface area contributed by atoms with Gasteiger partial charge in [-0.3, -0.25) is 9.59 Å². The van der Waals surface area contributed by atoms with Gasteiger partial charge in [-0.1, -0.05) is 25.9 Å². The van der Waals surface area contributed by atoms with Crippen LogP contribution in [0.1, 0.15) is 45.8 Å². The summed E-state index contributed by atoms with van der Waals surface area (Å²) in [7, 11) is 0. The fourth-order valence-corrected chi connectivity index (χ4v) is 2.61. The van der Waals surface area contributed by atoms with Crippen LogP contribution in [0.4, 0.5) is 5.82 Å². The summed E-state index contributed by atoms with van der Waals surface area (Å²) in [4.78, 5) is 26.2. The minimum absolute atomic E-state index is 0.00385. The lowest BCUT2D eigenvalue weighted by atomic mass is 9.90. The van der Waals surface area contributed by atoms with E-state index >= 15 is 0 Å². The number of rotatable bonds is 3. The van der Waals surface area contributed by atoms with Gasteiger partial charge in [-0.2, -0.15) is 0 Å². The highest BCUT2D eigenvalue weighted by Crippen LogP contribution is 2.24. The Morgan fingerprint density at radius 3 is 2.50 bits per heavy atom. The summed E-state index contributed by atoms with van der Waals surface area (Å²) in [6.07, 6.45) is 1.93. The number of carbonyl (C=O) groups is 2. The monoisotopic (exact) mass is 307 g/mol. The maximum atomic E-state index is 12.2. The van der Waals surface area contributed by atoms with Crippen LogP contribution in [0, 0.1) is 18.3 Å². The van der Waals surface area contributed by atoms with Crippen molar-refractivity contribution < 1.29 is 14.1 Å². The molecular weight excluding hydrogens is 282 g/mol. The number of hydrogen-bond acceptors (Lipinski definition) is 4. The molecule has 1 saturated heterocycles. The van der Waals surface area contributed by atoms with E-state index in [1.165, 1.54) is 0 Å². The standard InChI is InChI=1S/C16H25N3O3/c1-11-9-13(18-22-11)17-15(21)12-5-7-19(8-6-12)14(20)10-16(2,3)4/h9,12H,5-8,10H2,1-4H3,(H,17,18,21). The van der Waals surface area contributed by atoms with Crippen LogP contribution in [0.3, 0.4) is 0 Å². The predicted molar refractivity (Wildman–Crippen MR) is 83.2 cm³/mol. The van der Waals surface area contributed by atoms with E-state index in [1.54, 1.807) is 13.0 Å². The van der Waals surface area contributed by atoms with Gasteiger partial charge in [0.15, 0.2) is 5.82 Å². The summed E-state index contributed by atoms with van der Waals surface area (Å²) in [6.45, 7) is 9.25. The maximum Gasteiger partial charge on any atom is 0.228 e. The van der Waals surface area contributed by atoms with Crippen LogP contribution in [0.25, 0.3) is 0 Å². The molecule has 0 aromatic carbocycles. The molecule has 2 heterocycles. The molecule has 0 aliphatic carbocycles. The van der Waals surface area contributed by atoms with Crippen LogP contribution >= 0.6 is 0 Å². The molecule has 22 heavy (non-hydrogen) atoms. The van der Waals surface area contributed by atoms with Crippen LogP contribution < -0.4 is 5.32 Å². The highest BCUT2D eigenvalue weighted by atomic mass is 16.5. The molecule has 2 amide bonds. The molecule has 6 nitrogen and oxygen atoms in total. The van der Waals surface area contributed by atoms with Gasteiger partial charge in [0.25, 0.3) is 0 Å². The summed E-state index contributed by atoms with van der Waals surface area (Å²) >= 11 is 0. The third kappa shape index (κ3) is 4.58. The Bertz CT molecular complexity index is 537. The van der Waals surface area contributed by atoms with Crippen molar-refractivity contribution in [3.05, 3.63) is 11.8 Å². The van der Waals surface area contributed by atoms with Gasteiger partial charge < -0.3 is 14.7 Å². The molecule has 1 aromatic heterocycles. The van der Waals surface area contributed by atoms with E-state index in [2.05, 4.69) is 31.2 Å². The molecule has 0 radical (unpaired) electrons. The van der Waals surface area contributed by atoms with Crippen LogP contribution in [-0.2, 0) is 9.59 Å². The van der Waals surface area contributed by atoms with E-state index in [0.29, 0.717) is 43.9 Å². The van der Waals surface area contributed by atoms with Gasteiger partial charge in [-0.05, 0) is 25.2 Å². The Hall–Kier alpha value is -1.85. The number of nitrogens with zero attached hydrogens (tertiary/aromatic N) is 2. The molecule has 0 unspecified atom stereocenters. The Morgan fingerprint density at radius 1 is 1.36 bits per heavy atom. The molecule has 1 aromatic rings.